The number of hydrogen-bond acceptors (Lipinski definition) is 10. The van der Waals surface area contributed by atoms with Crippen LogP contribution in [0.25, 0.3) is 0 Å². The van der Waals surface area contributed by atoms with Crippen molar-refractivity contribution in [3.63, 3.8) is 0 Å². The number of piperidine rings is 2. The molecule has 1 aromatic rings. The fourth-order valence-corrected chi connectivity index (χ4v) is 6.55. The Labute approximate surface area is 277 Å². The zero-order chi connectivity index (χ0) is 34.4. The van der Waals surface area contributed by atoms with E-state index >= 15 is 0 Å². The Kier molecular flexibility index (Phi) is 9.48. The Bertz CT molecular complexity index is 1450. The minimum atomic E-state index is -3.02. The molecule has 0 aromatic heterocycles. The molecule has 48 heavy (non-hydrogen) atoms. The monoisotopic (exact) mass is 676 g/mol. The second kappa shape index (κ2) is 13.3. The fourth-order valence-electron chi connectivity index (χ4n) is 6.55. The molecule has 4 heterocycles. The minimum Gasteiger partial charge on any atom is -0.490 e. The van der Waals surface area contributed by atoms with Gasteiger partial charge in [-0.3, -0.25) is 34.3 Å². The Hall–Kier alpha value is -3.69. The van der Waals surface area contributed by atoms with E-state index in [1.54, 1.807) is 15.9 Å². The van der Waals surface area contributed by atoms with Crippen molar-refractivity contribution in [2.24, 2.45) is 0 Å². The fraction of sp³-hybridized carbons (Fsp3) is 0.667. The lowest BCUT2D eigenvalue weighted by Gasteiger charge is -2.42. The van der Waals surface area contributed by atoms with Crippen molar-refractivity contribution < 1.29 is 51.7 Å². The zero-order valence-electron chi connectivity index (χ0n) is 27.4. The highest BCUT2D eigenvalue weighted by atomic mass is 19.3. The van der Waals surface area contributed by atoms with Gasteiger partial charge in [0, 0.05) is 32.4 Å². The molecule has 0 bridgehead atoms. The van der Waals surface area contributed by atoms with E-state index in [0.29, 0.717) is 57.6 Å². The highest BCUT2D eigenvalue weighted by Crippen LogP contribution is 2.34. The molecular weight excluding hydrogens is 634 g/mol. The smallest absolute Gasteiger partial charge is 0.410 e. The van der Waals surface area contributed by atoms with Gasteiger partial charge in [-0.25, -0.2) is 13.6 Å². The molecule has 0 spiro atoms. The second-order valence-corrected chi connectivity index (χ2v) is 14.3. The van der Waals surface area contributed by atoms with E-state index in [2.05, 4.69) is 5.32 Å². The van der Waals surface area contributed by atoms with E-state index in [0.717, 1.165) is 4.90 Å². The lowest BCUT2D eigenvalue weighted by atomic mass is 9.92. The lowest BCUT2D eigenvalue weighted by molar-refractivity contribution is -0.149. The van der Waals surface area contributed by atoms with Gasteiger partial charge < -0.3 is 23.8 Å². The summed E-state index contributed by atoms with van der Waals surface area (Å²) in [4.78, 5) is 66.0. The summed E-state index contributed by atoms with van der Waals surface area (Å²) in [6, 6.07) is 3.41. The number of hydrogen-bond donors (Lipinski definition) is 1. The molecule has 1 unspecified atom stereocenters. The number of carbonyl (C=O) groups is 5. The quantitative estimate of drug-likeness (QED) is 0.368. The van der Waals surface area contributed by atoms with Crippen molar-refractivity contribution >= 4 is 29.7 Å². The van der Waals surface area contributed by atoms with E-state index in [1.165, 1.54) is 12.1 Å². The van der Waals surface area contributed by atoms with Crippen molar-refractivity contribution in [3.05, 3.63) is 29.3 Å². The zero-order valence-corrected chi connectivity index (χ0v) is 27.4. The first-order valence-electron chi connectivity index (χ1n) is 16.5. The molecule has 1 N–H and O–H groups in total. The maximum atomic E-state index is 14.8. The van der Waals surface area contributed by atoms with Crippen molar-refractivity contribution in [2.45, 2.75) is 101 Å². The van der Waals surface area contributed by atoms with Gasteiger partial charge >= 0.3 is 6.09 Å². The second-order valence-electron chi connectivity index (χ2n) is 14.3. The Morgan fingerprint density at radius 1 is 0.917 bits per heavy atom. The first kappa shape index (κ1) is 34.2. The number of nitrogens with one attached hydrogen (secondary N) is 1. The number of nitrogens with zero attached hydrogens (tertiary/aromatic N) is 3. The van der Waals surface area contributed by atoms with Crippen LogP contribution in [0.1, 0.15) is 80.0 Å². The molecule has 5 aliphatic rings. The van der Waals surface area contributed by atoms with Gasteiger partial charge in [-0.05, 0) is 58.2 Å². The molecule has 4 aliphatic heterocycles. The van der Waals surface area contributed by atoms with Gasteiger partial charge in [-0.2, -0.15) is 0 Å². The van der Waals surface area contributed by atoms with Crippen LogP contribution in [0.4, 0.5) is 13.6 Å². The average molecular weight is 677 g/mol. The topological polar surface area (TPSA) is 144 Å². The molecule has 15 heteroatoms. The van der Waals surface area contributed by atoms with Crippen molar-refractivity contribution in [1.29, 1.82) is 0 Å². The molecule has 3 saturated heterocycles. The summed E-state index contributed by atoms with van der Waals surface area (Å²) in [5, 5.41) is 2.16. The molecule has 4 fully saturated rings. The molecule has 262 valence electrons. The number of likely N-dealkylation sites (tertiary alicyclic amines) is 2. The van der Waals surface area contributed by atoms with Gasteiger partial charge in [-0.15, -0.1) is 0 Å². The van der Waals surface area contributed by atoms with Gasteiger partial charge in [-0.1, -0.05) is 0 Å². The third kappa shape index (κ3) is 7.78. The summed E-state index contributed by atoms with van der Waals surface area (Å²) >= 11 is 0. The van der Waals surface area contributed by atoms with Crippen LogP contribution in [0, 0.1) is 0 Å². The maximum Gasteiger partial charge on any atom is 0.410 e. The van der Waals surface area contributed by atoms with Crippen LogP contribution >= 0.6 is 0 Å². The summed E-state index contributed by atoms with van der Waals surface area (Å²) in [6.45, 7) is 6.27. The van der Waals surface area contributed by atoms with E-state index in [-0.39, 0.29) is 54.5 Å². The molecule has 13 nitrogen and oxygen atoms in total. The molecule has 1 saturated carbocycles. The van der Waals surface area contributed by atoms with Crippen LogP contribution in [0.2, 0.25) is 0 Å². The maximum absolute atomic E-state index is 14.8. The third-order valence-corrected chi connectivity index (χ3v) is 9.17. The van der Waals surface area contributed by atoms with Crippen LogP contribution < -0.4 is 10.1 Å². The van der Waals surface area contributed by atoms with Gasteiger partial charge in [0.05, 0.1) is 49.1 Å². The number of ether oxygens (including phenoxy) is 4. The Morgan fingerprint density at radius 2 is 1.60 bits per heavy atom. The van der Waals surface area contributed by atoms with Gasteiger partial charge in [0.15, 0.2) is 0 Å². The van der Waals surface area contributed by atoms with Gasteiger partial charge in [0.25, 0.3) is 17.7 Å². The number of fused-ring (bicyclic) bond motifs is 1. The summed E-state index contributed by atoms with van der Waals surface area (Å²) in [5.74, 6) is -5.04. The van der Waals surface area contributed by atoms with Gasteiger partial charge in [0.2, 0.25) is 11.8 Å². The highest BCUT2D eigenvalue weighted by molar-refractivity contribution is 6.23. The highest BCUT2D eigenvalue weighted by Gasteiger charge is 2.45. The number of alkyl halides is 2. The van der Waals surface area contributed by atoms with E-state index in [1.807, 2.05) is 20.8 Å². The van der Waals surface area contributed by atoms with E-state index in [4.69, 9.17) is 18.9 Å². The first-order valence-corrected chi connectivity index (χ1v) is 16.5. The van der Waals surface area contributed by atoms with Gasteiger partial charge in [0.1, 0.15) is 30.1 Å². The number of benzene rings is 1. The predicted octanol–water partition coefficient (Wildman–Crippen LogP) is 2.75. The number of halogens is 2. The summed E-state index contributed by atoms with van der Waals surface area (Å²) in [5.41, 5.74) is -0.295. The molecule has 1 atom stereocenters. The Morgan fingerprint density at radius 3 is 2.27 bits per heavy atom. The predicted molar refractivity (Wildman–Crippen MR) is 164 cm³/mol. The molecular formula is C33H42F2N4O9. The van der Waals surface area contributed by atoms with Crippen LogP contribution in [-0.4, -0.2) is 126 Å². The van der Waals surface area contributed by atoms with Crippen LogP contribution in [0.3, 0.4) is 0 Å². The molecule has 1 aromatic carbocycles. The molecule has 5 amide bonds. The molecule has 1 aliphatic carbocycles. The van der Waals surface area contributed by atoms with Crippen LogP contribution in [-0.2, 0) is 23.8 Å². The Balaban J connectivity index is 0.877. The average Bonchev–Trinajstić information content (AvgIpc) is 3.20. The normalized spacial score (nSPS) is 25.8. The third-order valence-electron chi connectivity index (χ3n) is 9.17. The van der Waals surface area contributed by atoms with Crippen molar-refractivity contribution in [2.75, 3.05) is 39.3 Å². The number of carbonyl (C=O) groups excluding carboxylic acids is 5. The molecule has 0 radical (unpaired) electrons. The SMILES string of the molecule is CC(C)(C)OC(=O)N1CC(OC2CCN(CC(F)(F)CO[C@H]3C[C@H](Oc4ccc5c(c4)C(=O)N(C4CCC(=O)NC4=O)C5=O)C3)CC2)C1. The van der Waals surface area contributed by atoms with Crippen molar-refractivity contribution in [3.8, 4) is 5.75 Å². The minimum absolute atomic E-state index is 0.0302. The first-order chi connectivity index (χ1) is 22.6. The summed E-state index contributed by atoms with van der Waals surface area (Å²) in [7, 11) is 0. The number of imide groups is 2. The summed E-state index contributed by atoms with van der Waals surface area (Å²) in [6.07, 6.45) is 1.03. The lowest BCUT2D eigenvalue weighted by Crippen LogP contribution is -2.57. The van der Waals surface area contributed by atoms with Crippen LogP contribution in [0.15, 0.2) is 18.2 Å². The number of rotatable bonds is 10. The standard InChI is InChI=1S/C33H42F2N4O9/c1-32(2,3)48-31(44)38-15-23(16-38)46-19-8-10-37(11-9-19)17-33(34,35)18-45-21-12-22(13-21)47-20-4-5-24-25(14-20)30(43)39(29(24)42)26-6-7-27(40)36-28(26)41/h4-5,14,19,21-23,26H,6-13,15-18H2,1-3H3,(H,36,40,41)/t21-,22-,26?. The summed E-state index contributed by atoms with van der Waals surface area (Å²) < 4.78 is 52.5. The van der Waals surface area contributed by atoms with E-state index < -0.39 is 54.3 Å². The van der Waals surface area contributed by atoms with Crippen molar-refractivity contribution in [1.82, 2.24) is 20.0 Å². The van der Waals surface area contributed by atoms with Crippen LogP contribution in [0.5, 0.6) is 5.75 Å². The largest absolute Gasteiger partial charge is 0.490 e. The molecule has 6 rings (SSSR count). The number of amides is 5. The van der Waals surface area contributed by atoms with E-state index in [9.17, 15) is 32.8 Å².